The Morgan fingerprint density at radius 1 is 0.971 bits per heavy atom. The second-order valence-electron chi connectivity index (χ2n) is 8.60. The number of carbonyl (C=O) groups excluding carboxylic acids is 3. The summed E-state index contributed by atoms with van der Waals surface area (Å²) < 4.78 is 0. The fourth-order valence-corrected chi connectivity index (χ4v) is 3.91. The maximum absolute atomic E-state index is 12.4. The number of likely N-dealkylation sites (tertiary alicyclic amines) is 1. The molecule has 0 aliphatic carbocycles. The van der Waals surface area contributed by atoms with Crippen LogP contribution >= 0.6 is 0 Å². The van der Waals surface area contributed by atoms with Gasteiger partial charge < -0.3 is 26.0 Å². The van der Waals surface area contributed by atoms with Crippen LogP contribution in [0.15, 0.2) is 48.5 Å². The van der Waals surface area contributed by atoms with Crippen LogP contribution in [0.3, 0.4) is 0 Å². The van der Waals surface area contributed by atoms with Gasteiger partial charge in [0.15, 0.2) is 0 Å². The Labute approximate surface area is 204 Å². The molecule has 1 saturated heterocycles. The lowest BCUT2D eigenvalue weighted by atomic mass is 10.0. The van der Waals surface area contributed by atoms with Crippen LogP contribution in [0.1, 0.15) is 30.1 Å². The smallest absolute Gasteiger partial charge is 0.268 e. The van der Waals surface area contributed by atoms with Crippen LogP contribution in [-0.2, 0) is 9.59 Å². The predicted octanol–water partition coefficient (Wildman–Crippen LogP) is 0.962. The molecule has 1 aliphatic heterocycles. The summed E-state index contributed by atoms with van der Waals surface area (Å²) in [5.74, 6) is -1.56. The van der Waals surface area contributed by atoms with E-state index in [1.54, 1.807) is 24.3 Å². The molecule has 35 heavy (non-hydrogen) atoms. The molecule has 1 heterocycles. The molecule has 0 saturated carbocycles. The highest BCUT2D eigenvalue weighted by atomic mass is 16.5. The van der Waals surface area contributed by atoms with E-state index < -0.39 is 24.0 Å². The zero-order valence-corrected chi connectivity index (χ0v) is 19.8. The lowest BCUT2D eigenvalue weighted by Crippen LogP contribution is -2.51. The average molecular weight is 484 g/mol. The molecule has 1 aliphatic rings. The van der Waals surface area contributed by atoms with E-state index in [9.17, 15) is 19.5 Å². The second kappa shape index (κ2) is 13.0. The Hall–Kier alpha value is -3.31. The highest BCUT2D eigenvalue weighted by Crippen LogP contribution is 2.22. The molecule has 0 radical (unpaired) electrons. The van der Waals surface area contributed by atoms with Crippen molar-refractivity contribution in [2.75, 3.05) is 38.0 Å². The van der Waals surface area contributed by atoms with E-state index in [2.05, 4.69) is 20.9 Å². The zero-order chi connectivity index (χ0) is 25.2. The minimum absolute atomic E-state index is 0.0973. The van der Waals surface area contributed by atoms with E-state index in [4.69, 9.17) is 5.21 Å². The van der Waals surface area contributed by atoms with Crippen molar-refractivity contribution >= 4 is 23.4 Å². The highest BCUT2D eigenvalue weighted by molar-refractivity contribution is 5.98. The molecule has 3 amide bonds. The molecule has 0 bridgehead atoms. The van der Waals surface area contributed by atoms with Crippen LogP contribution in [0.25, 0.3) is 11.1 Å². The summed E-state index contributed by atoms with van der Waals surface area (Å²) in [4.78, 5) is 38.6. The van der Waals surface area contributed by atoms with Gasteiger partial charge in [-0.1, -0.05) is 24.3 Å². The van der Waals surface area contributed by atoms with Gasteiger partial charge in [0.2, 0.25) is 5.91 Å². The van der Waals surface area contributed by atoms with Gasteiger partial charge in [-0.3, -0.25) is 19.6 Å². The molecule has 2 aromatic rings. The molecule has 6 N–H and O–H groups in total. The van der Waals surface area contributed by atoms with Gasteiger partial charge in [-0.05, 0) is 68.2 Å². The zero-order valence-electron chi connectivity index (χ0n) is 19.8. The first kappa shape index (κ1) is 26.3. The van der Waals surface area contributed by atoms with Gasteiger partial charge in [0.05, 0.1) is 12.6 Å². The van der Waals surface area contributed by atoms with Crippen molar-refractivity contribution in [1.82, 2.24) is 21.0 Å². The predicted molar refractivity (Wildman–Crippen MR) is 132 cm³/mol. The van der Waals surface area contributed by atoms with Gasteiger partial charge in [0.25, 0.3) is 11.8 Å². The normalized spacial score (nSPS) is 15.3. The van der Waals surface area contributed by atoms with E-state index >= 15 is 0 Å². The number of aliphatic hydroxyl groups is 1. The largest absolute Gasteiger partial charge is 0.391 e. The molecular formula is C25H33N5O5. The number of aliphatic hydroxyl groups excluding tert-OH is 1. The Morgan fingerprint density at radius 3 is 2.14 bits per heavy atom. The monoisotopic (exact) mass is 483 g/mol. The lowest BCUT2D eigenvalue weighted by molar-refractivity contribution is -0.133. The molecule has 188 valence electrons. The van der Waals surface area contributed by atoms with Crippen molar-refractivity contribution in [3.8, 4) is 11.1 Å². The first-order valence-electron chi connectivity index (χ1n) is 11.7. The Kier molecular flexibility index (Phi) is 9.74. The third-order valence-electron chi connectivity index (χ3n) is 5.90. The van der Waals surface area contributed by atoms with Crippen LogP contribution in [0.2, 0.25) is 0 Å². The second-order valence-corrected chi connectivity index (χ2v) is 8.60. The number of benzene rings is 2. The number of carbonyl (C=O) groups is 3. The fraction of sp³-hybridized carbons (Fsp3) is 0.400. The molecule has 0 aromatic heterocycles. The van der Waals surface area contributed by atoms with Gasteiger partial charge in [0, 0.05) is 24.3 Å². The first-order chi connectivity index (χ1) is 16.9. The number of nitrogens with zero attached hydrogens (tertiary/aromatic N) is 1. The Bertz CT molecular complexity index is 988. The van der Waals surface area contributed by atoms with E-state index in [1.165, 1.54) is 25.2 Å². The number of amides is 3. The third kappa shape index (κ3) is 7.86. The minimum atomic E-state index is -1.28. The Morgan fingerprint density at radius 2 is 1.57 bits per heavy atom. The van der Waals surface area contributed by atoms with E-state index in [0.717, 1.165) is 37.3 Å². The van der Waals surface area contributed by atoms with Crippen molar-refractivity contribution in [2.45, 2.75) is 31.9 Å². The Balaban J connectivity index is 1.49. The molecule has 10 heteroatoms. The molecule has 10 nitrogen and oxygen atoms in total. The van der Waals surface area contributed by atoms with Gasteiger partial charge in [-0.2, -0.15) is 0 Å². The summed E-state index contributed by atoms with van der Waals surface area (Å²) in [5.41, 5.74) is 4.19. The molecule has 3 rings (SSSR count). The van der Waals surface area contributed by atoms with Crippen molar-refractivity contribution in [1.29, 1.82) is 0 Å². The van der Waals surface area contributed by atoms with E-state index in [-0.39, 0.29) is 12.5 Å². The number of hydroxylamine groups is 1. The lowest BCUT2D eigenvalue weighted by Gasteiger charge is -2.19. The maximum Gasteiger partial charge on any atom is 0.268 e. The molecule has 2 aromatic carbocycles. The fourth-order valence-electron chi connectivity index (χ4n) is 3.91. The van der Waals surface area contributed by atoms with Crippen LogP contribution in [0, 0.1) is 0 Å². The topological polar surface area (TPSA) is 143 Å². The quantitative estimate of drug-likeness (QED) is 0.159. The molecule has 0 unspecified atom stereocenters. The van der Waals surface area contributed by atoms with E-state index in [1.807, 2.05) is 24.3 Å². The van der Waals surface area contributed by atoms with Crippen molar-refractivity contribution < 1.29 is 24.7 Å². The summed E-state index contributed by atoms with van der Waals surface area (Å²) in [6.07, 6.45) is 1.33. The third-order valence-corrected chi connectivity index (χ3v) is 5.90. The average Bonchev–Trinajstić information content (AvgIpc) is 3.38. The van der Waals surface area contributed by atoms with Crippen molar-refractivity contribution in [3.63, 3.8) is 0 Å². The van der Waals surface area contributed by atoms with Crippen LogP contribution in [0.5, 0.6) is 0 Å². The van der Waals surface area contributed by atoms with Gasteiger partial charge >= 0.3 is 0 Å². The standard InChI is InChI=1S/C25H33N5O5/c1-17(31)23(25(34)29-35)28-24(33)20-6-4-18(5-7-20)19-8-10-21(11-9-19)27-22(32)16-26-12-15-30-13-2-3-14-30/h4-11,17,23,26,31,35H,2-3,12-16H2,1H3,(H,27,32)(H,28,33)(H,29,34)/t17-,23+/m1/s1. The molecule has 1 fully saturated rings. The highest BCUT2D eigenvalue weighted by Gasteiger charge is 2.25. The number of nitrogens with one attached hydrogen (secondary N) is 4. The van der Waals surface area contributed by atoms with Crippen LogP contribution in [0.4, 0.5) is 5.69 Å². The summed E-state index contributed by atoms with van der Waals surface area (Å²) in [6, 6.07) is 12.8. The first-order valence-corrected chi connectivity index (χ1v) is 11.7. The molecule has 0 spiro atoms. The minimum Gasteiger partial charge on any atom is -0.391 e. The summed E-state index contributed by atoms with van der Waals surface area (Å²) >= 11 is 0. The van der Waals surface area contributed by atoms with Gasteiger partial charge in [0.1, 0.15) is 6.04 Å². The summed E-state index contributed by atoms with van der Waals surface area (Å²) in [6.45, 7) is 5.62. The van der Waals surface area contributed by atoms with Gasteiger partial charge in [-0.15, -0.1) is 0 Å². The van der Waals surface area contributed by atoms with Crippen LogP contribution < -0.4 is 21.4 Å². The maximum atomic E-state index is 12.4. The SMILES string of the molecule is C[C@@H](O)[C@H](NC(=O)c1ccc(-c2ccc(NC(=O)CNCCN3CCCC3)cc2)cc1)C(=O)NO. The van der Waals surface area contributed by atoms with Crippen molar-refractivity contribution in [2.24, 2.45) is 0 Å². The summed E-state index contributed by atoms with van der Waals surface area (Å²) in [7, 11) is 0. The summed E-state index contributed by atoms with van der Waals surface area (Å²) in [5, 5.41) is 26.9. The molecular weight excluding hydrogens is 450 g/mol. The number of rotatable bonds is 11. The van der Waals surface area contributed by atoms with Crippen molar-refractivity contribution in [3.05, 3.63) is 54.1 Å². The number of anilines is 1. The van der Waals surface area contributed by atoms with E-state index in [0.29, 0.717) is 11.3 Å². The molecule has 2 atom stereocenters. The van der Waals surface area contributed by atoms with Gasteiger partial charge in [-0.25, -0.2) is 5.48 Å². The van der Waals surface area contributed by atoms with Crippen LogP contribution in [-0.4, -0.2) is 77.8 Å². The number of hydrogen-bond acceptors (Lipinski definition) is 7. The number of hydrogen-bond donors (Lipinski definition) is 6.